The van der Waals surface area contributed by atoms with Gasteiger partial charge in [0, 0.05) is 13.1 Å². The number of carbonyl (C=O) groups is 2. The lowest BCUT2D eigenvalue weighted by atomic mass is 9.91. The number of nitrogens with one attached hydrogen (secondary N) is 1. The van der Waals surface area contributed by atoms with Gasteiger partial charge in [-0.1, -0.05) is 43.7 Å². The molecule has 3 rings (SSSR count). The number of ether oxygens (including phenoxy) is 1. The van der Waals surface area contributed by atoms with Gasteiger partial charge in [0.15, 0.2) is 6.61 Å². The summed E-state index contributed by atoms with van der Waals surface area (Å²) >= 11 is 0. The second kappa shape index (κ2) is 9.12. The van der Waals surface area contributed by atoms with E-state index >= 15 is 0 Å². The van der Waals surface area contributed by atoms with Crippen LogP contribution in [0.5, 0.6) is 5.75 Å². The lowest BCUT2D eigenvalue weighted by Crippen LogP contribution is -2.42. The first-order chi connectivity index (χ1) is 13.8. The maximum Gasteiger partial charge on any atom is 0.262 e. The predicted octanol–water partition coefficient (Wildman–Crippen LogP) is 4.44. The highest BCUT2D eigenvalue weighted by atomic mass is 16.5. The second-order valence-electron chi connectivity index (χ2n) is 8.31. The molecule has 0 saturated carbocycles. The van der Waals surface area contributed by atoms with Crippen molar-refractivity contribution in [2.24, 2.45) is 11.8 Å². The summed E-state index contributed by atoms with van der Waals surface area (Å²) in [6.07, 6.45) is 1.14. The zero-order valence-corrected chi connectivity index (χ0v) is 17.7. The Morgan fingerprint density at radius 2 is 1.76 bits per heavy atom. The molecule has 1 aliphatic heterocycles. The standard InChI is InChI=1S/C24H30N2O3/c1-16-9-10-22(19(4)12-16)29-15-23(27)25-21-8-6-5-7-20(21)24(28)26-13-17(2)11-18(3)14-26/h5-10,12,17-18H,11,13-15H2,1-4H3,(H,25,27). The normalized spacial score (nSPS) is 19.0. The van der Waals surface area contributed by atoms with E-state index in [1.165, 1.54) is 0 Å². The first-order valence-electron chi connectivity index (χ1n) is 10.2. The zero-order valence-electron chi connectivity index (χ0n) is 17.7. The molecule has 0 aliphatic carbocycles. The number of aryl methyl sites for hydroxylation is 2. The van der Waals surface area contributed by atoms with Crippen molar-refractivity contribution in [2.75, 3.05) is 25.0 Å². The Kier molecular flexibility index (Phi) is 6.57. The van der Waals surface area contributed by atoms with Gasteiger partial charge in [-0.15, -0.1) is 0 Å². The minimum absolute atomic E-state index is 0.0328. The minimum Gasteiger partial charge on any atom is -0.483 e. The van der Waals surface area contributed by atoms with E-state index < -0.39 is 0 Å². The van der Waals surface area contributed by atoms with Gasteiger partial charge in [-0.25, -0.2) is 0 Å². The first kappa shape index (κ1) is 20.9. The molecular weight excluding hydrogens is 364 g/mol. The number of nitrogens with zero attached hydrogens (tertiary/aromatic N) is 1. The quantitative estimate of drug-likeness (QED) is 0.816. The van der Waals surface area contributed by atoms with Crippen LogP contribution in [0.4, 0.5) is 5.69 Å². The van der Waals surface area contributed by atoms with Crippen LogP contribution in [0, 0.1) is 25.7 Å². The SMILES string of the molecule is Cc1ccc(OCC(=O)Nc2ccccc2C(=O)N2CC(C)CC(C)C2)c(C)c1. The number of benzene rings is 2. The second-order valence-corrected chi connectivity index (χ2v) is 8.31. The van der Waals surface area contributed by atoms with Crippen molar-refractivity contribution >= 4 is 17.5 Å². The fraction of sp³-hybridized carbons (Fsp3) is 0.417. The van der Waals surface area contributed by atoms with E-state index in [0.29, 0.717) is 28.8 Å². The van der Waals surface area contributed by atoms with Crippen LogP contribution >= 0.6 is 0 Å². The van der Waals surface area contributed by atoms with Crippen molar-refractivity contribution < 1.29 is 14.3 Å². The van der Waals surface area contributed by atoms with Crippen molar-refractivity contribution in [3.8, 4) is 5.75 Å². The van der Waals surface area contributed by atoms with E-state index in [1.54, 1.807) is 12.1 Å². The smallest absolute Gasteiger partial charge is 0.262 e. The summed E-state index contributed by atoms with van der Waals surface area (Å²) < 4.78 is 5.66. The molecule has 2 unspecified atom stereocenters. The van der Waals surface area contributed by atoms with Gasteiger partial charge >= 0.3 is 0 Å². The van der Waals surface area contributed by atoms with Crippen LogP contribution in [0.25, 0.3) is 0 Å². The fourth-order valence-corrected chi connectivity index (χ4v) is 4.07. The van der Waals surface area contributed by atoms with Gasteiger partial charge < -0.3 is 15.0 Å². The van der Waals surface area contributed by atoms with E-state index in [2.05, 4.69) is 19.2 Å². The fourth-order valence-electron chi connectivity index (χ4n) is 4.07. The molecule has 2 aromatic carbocycles. The van der Waals surface area contributed by atoms with Gasteiger partial charge in [0.05, 0.1) is 11.3 Å². The number of para-hydroxylation sites is 1. The van der Waals surface area contributed by atoms with Crippen molar-refractivity contribution in [3.05, 3.63) is 59.2 Å². The molecular formula is C24H30N2O3. The maximum absolute atomic E-state index is 13.1. The lowest BCUT2D eigenvalue weighted by Gasteiger charge is -2.35. The molecule has 0 aromatic heterocycles. The Balaban J connectivity index is 1.67. The molecule has 0 spiro atoms. The summed E-state index contributed by atoms with van der Waals surface area (Å²) in [7, 11) is 0. The molecule has 5 nitrogen and oxygen atoms in total. The first-order valence-corrected chi connectivity index (χ1v) is 10.2. The minimum atomic E-state index is -0.286. The third kappa shape index (κ3) is 5.37. The summed E-state index contributed by atoms with van der Waals surface area (Å²) in [5.41, 5.74) is 3.18. The number of likely N-dealkylation sites (tertiary alicyclic amines) is 1. The molecule has 1 fully saturated rings. The number of carbonyl (C=O) groups excluding carboxylic acids is 2. The summed E-state index contributed by atoms with van der Waals surface area (Å²) in [5.74, 6) is 1.33. The van der Waals surface area contributed by atoms with Crippen LogP contribution in [-0.2, 0) is 4.79 Å². The van der Waals surface area contributed by atoms with Crippen LogP contribution in [0.1, 0.15) is 41.8 Å². The monoisotopic (exact) mass is 394 g/mol. The number of hydrogen-bond acceptors (Lipinski definition) is 3. The van der Waals surface area contributed by atoms with Crippen molar-refractivity contribution in [3.63, 3.8) is 0 Å². The van der Waals surface area contributed by atoms with Gasteiger partial charge in [-0.05, 0) is 55.9 Å². The number of amides is 2. The Morgan fingerprint density at radius 1 is 1.07 bits per heavy atom. The van der Waals surface area contributed by atoms with Gasteiger partial charge in [-0.2, -0.15) is 0 Å². The van der Waals surface area contributed by atoms with E-state index in [-0.39, 0.29) is 18.4 Å². The molecule has 1 N–H and O–H groups in total. The lowest BCUT2D eigenvalue weighted by molar-refractivity contribution is -0.118. The molecule has 1 heterocycles. The van der Waals surface area contributed by atoms with Gasteiger partial charge in [-0.3, -0.25) is 9.59 Å². The molecule has 0 radical (unpaired) electrons. The maximum atomic E-state index is 13.1. The Labute approximate surface area is 173 Å². The highest BCUT2D eigenvalue weighted by Gasteiger charge is 2.27. The highest BCUT2D eigenvalue weighted by Crippen LogP contribution is 2.25. The van der Waals surface area contributed by atoms with Crippen molar-refractivity contribution in [2.45, 2.75) is 34.1 Å². The summed E-state index contributed by atoms with van der Waals surface area (Å²) in [4.78, 5) is 27.4. The molecule has 1 aliphatic rings. The zero-order chi connectivity index (χ0) is 21.0. The third-order valence-electron chi connectivity index (χ3n) is 5.28. The number of hydrogen-bond donors (Lipinski definition) is 1. The van der Waals surface area contributed by atoms with Crippen LogP contribution in [0.15, 0.2) is 42.5 Å². The number of piperidine rings is 1. The van der Waals surface area contributed by atoms with Crippen molar-refractivity contribution in [1.29, 1.82) is 0 Å². The topological polar surface area (TPSA) is 58.6 Å². The average Bonchev–Trinajstić information content (AvgIpc) is 2.66. The van der Waals surface area contributed by atoms with Crippen LogP contribution in [0.3, 0.4) is 0 Å². The van der Waals surface area contributed by atoms with Gasteiger partial charge in [0.1, 0.15) is 5.75 Å². The highest BCUT2D eigenvalue weighted by molar-refractivity contribution is 6.04. The van der Waals surface area contributed by atoms with E-state index in [0.717, 1.165) is 30.6 Å². The van der Waals surface area contributed by atoms with Crippen LogP contribution in [0.2, 0.25) is 0 Å². The number of anilines is 1. The van der Waals surface area contributed by atoms with Gasteiger partial charge in [0.25, 0.3) is 11.8 Å². The molecule has 29 heavy (non-hydrogen) atoms. The Hall–Kier alpha value is -2.82. The van der Waals surface area contributed by atoms with Crippen LogP contribution < -0.4 is 10.1 Å². The molecule has 2 atom stereocenters. The summed E-state index contributed by atoms with van der Waals surface area (Å²) in [5, 5.41) is 2.84. The van der Waals surface area contributed by atoms with Gasteiger partial charge in [0.2, 0.25) is 0 Å². The number of rotatable bonds is 5. The van der Waals surface area contributed by atoms with E-state index in [9.17, 15) is 9.59 Å². The molecule has 154 valence electrons. The Bertz CT molecular complexity index is 883. The third-order valence-corrected chi connectivity index (χ3v) is 5.28. The summed E-state index contributed by atoms with van der Waals surface area (Å²) in [6, 6.07) is 13.0. The molecule has 2 amide bonds. The molecule has 0 bridgehead atoms. The average molecular weight is 395 g/mol. The molecule has 5 heteroatoms. The van der Waals surface area contributed by atoms with E-state index in [4.69, 9.17) is 4.74 Å². The summed E-state index contributed by atoms with van der Waals surface area (Å²) in [6.45, 7) is 9.71. The van der Waals surface area contributed by atoms with E-state index in [1.807, 2.05) is 49.1 Å². The Morgan fingerprint density at radius 3 is 2.45 bits per heavy atom. The largest absolute Gasteiger partial charge is 0.483 e. The van der Waals surface area contributed by atoms with Crippen LogP contribution in [-0.4, -0.2) is 36.4 Å². The molecule has 1 saturated heterocycles. The molecule has 2 aromatic rings. The van der Waals surface area contributed by atoms with Crippen molar-refractivity contribution in [1.82, 2.24) is 4.90 Å². The predicted molar refractivity (Wildman–Crippen MR) is 115 cm³/mol.